The van der Waals surface area contributed by atoms with Gasteiger partial charge in [-0.05, 0) is 12.1 Å². The highest BCUT2D eigenvalue weighted by Gasteiger charge is 2.10. The summed E-state index contributed by atoms with van der Waals surface area (Å²) in [6.07, 6.45) is 0. The maximum absolute atomic E-state index is 5.68. The zero-order chi connectivity index (χ0) is 12.3. The summed E-state index contributed by atoms with van der Waals surface area (Å²) in [6, 6.07) is 9.43. The minimum absolute atomic E-state index is 0.0692. The Morgan fingerprint density at radius 3 is 2.41 bits per heavy atom. The lowest BCUT2D eigenvalue weighted by Gasteiger charge is -2.07. The molecule has 0 aliphatic rings. The number of aromatic nitrogens is 3. The summed E-state index contributed by atoms with van der Waals surface area (Å²) < 4.78 is 0. The molecule has 3 N–H and O–H groups in total. The molecule has 88 valence electrons. The predicted molar refractivity (Wildman–Crippen MR) is 68.4 cm³/mol. The van der Waals surface area contributed by atoms with Crippen LogP contribution in [-0.4, -0.2) is 15.0 Å². The van der Waals surface area contributed by atoms with Crippen molar-refractivity contribution in [2.75, 3.05) is 11.1 Å². The van der Waals surface area contributed by atoms with E-state index in [2.05, 4.69) is 20.3 Å². The van der Waals surface area contributed by atoms with Crippen molar-refractivity contribution in [2.45, 2.75) is 4.84 Å². The SMILES string of the molecule is Nc1nc(Nc2ccccc2)nc(C(Cl)Cl)n1. The molecular weight excluding hydrogens is 261 g/mol. The maximum atomic E-state index is 5.68. The predicted octanol–water partition coefficient (Wildman–Crippen LogP) is 2.67. The molecule has 1 aromatic carbocycles. The van der Waals surface area contributed by atoms with E-state index in [0.717, 1.165) is 5.69 Å². The highest BCUT2D eigenvalue weighted by Crippen LogP contribution is 2.22. The lowest BCUT2D eigenvalue weighted by molar-refractivity contribution is 0.966. The molecule has 0 atom stereocenters. The van der Waals surface area contributed by atoms with Crippen LogP contribution in [0, 0.1) is 0 Å². The normalized spacial score (nSPS) is 10.5. The summed E-state index contributed by atoms with van der Waals surface area (Å²) in [5.41, 5.74) is 6.37. The third-order valence-corrected chi connectivity index (χ3v) is 2.29. The van der Waals surface area contributed by atoms with E-state index >= 15 is 0 Å². The molecular formula is C10H9Cl2N5. The zero-order valence-corrected chi connectivity index (χ0v) is 10.2. The summed E-state index contributed by atoms with van der Waals surface area (Å²) in [4.78, 5) is 11.0. The second kappa shape index (κ2) is 5.16. The summed E-state index contributed by atoms with van der Waals surface area (Å²) in [7, 11) is 0. The summed E-state index contributed by atoms with van der Waals surface area (Å²) in [5.74, 6) is 0.601. The van der Waals surface area contributed by atoms with Crippen molar-refractivity contribution in [2.24, 2.45) is 0 Å². The Morgan fingerprint density at radius 2 is 1.76 bits per heavy atom. The number of anilines is 3. The summed E-state index contributed by atoms with van der Waals surface area (Å²) >= 11 is 11.4. The van der Waals surface area contributed by atoms with Gasteiger partial charge in [-0.1, -0.05) is 41.4 Å². The Balaban J connectivity index is 2.27. The fraction of sp³-hybridized carbons (Fsp3) is 0.100. The molecule has 0 amide bonds. The average Bonchev–Trinajstić information content (AvgIpc) is 2.29. The van der Waals surface area contributed by atoms with Crippen molar-refractivity contribution >= 4 is 40.8 Å². The Kier molecular flexibility index (Phi) is 3.61. The van der Waals surface area contributed by atoms with Gasteiger partial charge in [0.25, 0.3) is 0 Å². The minimum Gasteiger partial charge on any atom is -0.368 e. The van der Waals surface area contributed by atoms with Crippen LogP contribution >= 0.6 is 23.2 Å². The standard InChI is InChI=1S/C10H9Cl2N5/c11-7(12)8-15-9(13)17-10(16-8)14-6-4-2-1-3-5-6/h1-5,7H,(H3,13,14,15,16,17). The Morgan fingerprint density at radius 1 is 1.06 bits per heavy atom. The van der Waals surface area contributed by atoms with E-state index < -0.39 is 4.84 Å². The lowest BCUT2D eigenvalue weighted by Crippen LogP contribution is -2.06. The van der Waals surface area contributed by atoms with Gasteiger partial charge in [-0.2, -0.15) is 15.0 Å². The van der Waals surface area contributed by atoms with Crippen LogP contribution in [0.4, 0.5) is 17.6 Å². The molecule has 7 heteroatoms. The Bertz CT molecular complexity index is 503. The largest absolute Gasteiger partial charge is 0.368 e. The number of hydrogen-bond donors (Lipinski definition) is 2. The van der Waals surface area contributed by atoms with E-state index in [1.807, 2.05) is 30.3 Å². The van der Waals surface area contributed by atoms with Crippen molar-refractivity contribution in [3.63, 3.8) is 0 Å². The second-order valence-corrected chi connectivity index (χ2v) is 4.26. The van der Waals surface area contributed by atoms with E-state index in [-0.39, 0.29) is 11.8 Å². The third kappa shape index (κ3) is 3.18. The van der Waals surface area contributed by atoms with E-state index in [9.17, 15) is 0 Å². The first-order valence-electron chi connectivity index (χ1n) is 4.77. The topological polar surface area (TPSA) is 76.7 Å². The molecule has 17 heavy (non-hydrogen) atoms. The first kappa shape index (κ1) is 11.9. The first-order chi connectivity index (χ1) is 8.15. The molecule has 0 aliphatic carbocycles. The van der Waals surface area contributed by atoms with Gasteiger partial charge in [-0.25, -0.2) is 0 Å². The van der Waals surface area contributed by atoms with Gasteiger partial charge in [0.1, 0.15) is 0 Å². The fourth-order valence-electron chi connectivity index (χ4n) is 1.21. The molecule has 1 heterocycles. The lowest BCUT2D eigenvalue weighted by atomic mass is 10.3. The number of nitrogens with zero attached hydrogens (tertiary/aromatic N) is 3. The highest BCUT2D eigenvalue weighted by molar-refractivity contribution is 6.43. The molecule has 0 radical (unpaired) electrons. The Hall–Kier alpha value is -1.59. The number of halogens is 2. The van der Waals surface area contributed by atoms with Crippen molar-refractivity contribution < 1.29 is 0 Å². The monoisotopic (exact) mass is 269 g/mol. The Labute approximate surface area is 108 Å². The fourth-order valence-corrected chi connectivity index (χ4v) is 1.41. The number of nitrogens with one attached hydrogen (secondary N) is 1. The number of alkyl halides is 2. The van der Waals surface area contributed by atoms with Crippen molar-refractivity contribution in [3.8, 4) is 0 Å². The average molecular weight is 270 g/mol. The van der Waals surface area contributed by atoms with Crippen LogP contribution in [0.25, 0.3) is 0 Å². The number of nitrogens with two attached hydrogens (primary N) is 1. The zero-order valence-electron chi connectivity index (χ0n) is 8.64. The van der Waals surface area contributed by atoms with Gasteiger partial charge >= 0.3 is 0 Å². The molecule has 0 saturated carbocycles. The van der Waals surface area contributed by atoms with Crippen LogP contribution < -0.4 is 11.1 Å². The number of hydrogen-bond acceptors (Lipinski definition) is 5. The molecule has 2 aromatic rings. The number of para-hydroxylation sites is 1. The van der Waals surface area contributed by atoms with Crippen LogP contribution in [0.1, 0.15) is 10.7 Å². The van der Waals surface area contributed by atoms with Crippen molar-refractivity contribution in [3.05, 3.63) is 36.2 Å². The van der Waals surface area contributed by atoms with Crippen molar-refractivity contribution in [1.29, 1.82) is 0 Å². The van der Waals surface area contributed by atoms with Gasteiger partial charge in [-0.3, -0.25) is 0 Å². The van der Waals surface area contributed by atoms with Gasteiger partial charge in [0.15, 0.2) is 10.7 Å². The second-order valence-electron chi connectivity index (χ2n) is 3.17. The van der Waals surface area contributed by atoms with Crippen LogP contribution in [-0.2, 0) is 0 Å². The minimum atomic E-state index is -0.836. The summed E-state index contributed by atoms with van der Waals surface area (Å²) in [6.45, 7) is 0. The van der Waals surface area contributed by atoms with Gasteiger partial charge in [0, 0.05) is 5.69 Å². The van der Waals surface area contributed by atoms with Crippen LogP contribution in [0.2, 0.25) is 0 Å². The number of rotatable bonds is 3. The quantitative estimate of drug-likeness (QED) is 0.838. The van der Waals surface area contributed by atoms with Gasteiger partial charge in [-0.15, -0.1) is 0 Å². The van der Waals surface area contributed by atoms with Gasteiger partial charge < -0.3 is 11.1 Å². The number of benzene rings is 1. The van der Waals surface area contributed by atoms with Crippen LogP contribution in [0.5, 0.6) is 0 Å². The molecule has 0 saturated heterocycles. The number of nitrogen functional groups attached to an aromatic ring is 1. The maximum Gasteiger partial charge on any atom is 0.232 e. The van der Waals surface area contributed by atoms with E-state index in [1.165, 1.54) is 0 Å². The van der Waals surface area contributed by atoms with Crippen molar-refractivity contribution in [1.82, 2.24) is 15.0 Å². The molecule has 0 unspecified atom stereocenters. The first-order valence-corrected chi connectivity index (χ1v) is 5.64. The molecule has 0 fully saturated rings. The smallest absolute Gasteiger partial charge is 0.232 e. The molecule has 2 rings (SSSR count). The summed E-state index contributed by atoms with van der Waals surface area (Å²) in [5, 5.41) is 2.98. The van der Waals surface area contributed by atoms with E-state index in [4.69, 9.17) is 28.9 Å². The van der Waals surface area contributed by atoms with E-state index in [0.29, 0.717) is 5.95 Å². The molecule has 1 aromatic heterocycles. The molecule has 5 nitrogen and oxygen atoms in total. The molecule has 0 bridgehead atoms. The van der Waals surface area contributed by atoms with E-state index in [1.54, 1.807) is 0 Å². The third-order valence-electron chi connectivity index (χ3n) is 1.90. The molecule has 0 aliphatic heterocycles. The van der Waals surface area contributed by atoms with Crippen LogP contribution in [0.3, 0.4) is 0 Å². The molecule has 0 spiro atoms. The van der Waals surface area contributed by atoms with Gasteiger partial charge in [0.05, 0.1) is 0 Å². The van der Waals surface area contributed by atoms with Gasteiger partial charge in [0.2, 0.25) is 11.9 Å². The van der Waals surface area contributed by atoms with Crippen LogP contribution in [0.15, 0.2) is 30.3 Å². The highest BCUT2D eigenvalue weighted by atomic mass is 35.5.